The standard InChI is InChI=1S/C15H16N2O/c1-3-11(2)16-17-15(18)14-10-6-8-12-7-4-5-9-13(12)14/h4-10H,3H2,1-2H3,(H,17,18)/b16-11-. The fourth-order valence-corrected chi connectivity index (χ4v) is 1.71. The first-order chi connectivity index (χ1) is 8.72. The summed E-state index contributed by atoms with van der Waals surface area (Å²) >= 11 is 0. The molecule has 0 heterocycles. The van der Waals surface area contributed by atoms with E-state index < -0.39 is 0 Å². The van der Waals surface area contributed by atoms with Crippen LogP contribution in [0, 0.1) is 0 Å². The van der Waals surface area contributed by atoms with E-state index >= 15 is 0 Å². The minimum atomic E-state index is -0.167. The van der Waals surface area contributed by atoms with Crippen LogP contribution >= 0.6 is 0 Å². The van der Waals surface area contributed by atoms with Gasteiger partial charge in [-0.1, -0.05) is 43.3 Å². The molecule has 0 bridgehead atoms. The van der Waals surface area contributed by atoms with Gasteiger partial charge in [0, 0.05) is 11.3 Å². The van der Waals surface area contributed by atoms with E-state index in [1.807, 2.05) is 56.3 Å². The summed E-state index contributed by atoms with van der Waals surface area (Å²) in [7, 11) is 0. The number of amides is 1. The molecule has 3 heteroatoms. The van der Waals surface area contributed by atoms with Crippen molar-refractivity contribution in [3.8, 4) is 0 Å². The van der Waals surface area contributed by atoms with Gasteiger partial charge in [-0.3, -0.25) is 4.79 Å². The second kappa shape index (κ2) is 5.45. The van der Waals surface area contributed by atoms with E-state index in [0.29, 0.717) is 5.56 Å². The van der Waals surface area contributed by atoms with Crippen LogP contribution in [0.1, 0.15) is 30.6 Å². The molecule has 1 N–H and O–H groups in total. The topological polar surface area (TPSA) is 41.5 Å². The average Bonchev–Trinajstić information content (AvgIpc) is 2.43. The number of carbonyl (C=O) groups excluding carboxylic acids is 1. The van der Waals surface area contributed by atoms with Gasteiger partial charge in [0.2, 0.25) is 0 Å². The summed E-state index contributed by atoms with van der Waals surface area (Å²) in [6.07, 6.45) is 0.829. The van der Waals surface area contributed by atoms with E-state index in [-0.39, 0.29) is 5.91 Å². The SMILES string of the molecule is CC/C(C)=N\NC(=O)c1cccc2ccccc12. The highest BCUT2D eigenvalue weighted by Gasteiger charge is 2.08. The first kappa shape index (κ1) is 12.3. The molecule has 18 heavy (non-hydrogen) atoms. The normalized spacial score (nSPS) is 11.6. The Morgan fingerprint density at radius 2 is 1.89 bits per heavy atom. The Morgan fingerprint density at radius 1 is 1.17 bits per heavy atom. The molecule has 0 spiro atoms. The molecule has 0 atom stereocenters. The number of fused-ring (bicyclic) bond motifs is 1. The van der Waals surface area contributed by atoms with Crippen LogP contribution in [0.2, 0.25) is 0 Å². The van der Waals surface area contributed by atoms with Gasteiger partial charge in [0.25, 0.3) is 5.91 Å². The van der Waals surface area contributed by atoms with Crippen molar-refractivity contribution in [2.24, 2.45) is 5.10 Å². The average molecular weight is 240 g/mol. The number of hydrogen-bond acceptors (Lipinski definition) is 2. The third kappa shape index (κ3) is 2.56. The number of hydrogen-bond donors (Lipinski definition) is 1. The molecule has 0 aliphatic heterocycles. The number of hydrazone groups is 1. The highest BCUT2D eigenvalue weighted by molar-refractivity contribution is 6.07. The number of nitrogens with one attached hydrogen (secondary N) is 1. The summed E-state index contributed by atoms with van der Waals surface area (Å²) in [5.41, 5.74) is 4.15. The molecule has 3 nitrogen and oxygen atoms in total. The zero-order chi connectivity index (χ0) is 13.0. The predicted octanol–water partition coefficient (Wildman–Crippen LogP) is 3.36. The molecular formula is C15H16N2O. The monoisotopic (exact) mass is 240 g/mol. The Balaban J connectivity index is 2.33. The first-order valence-electron chi connectivity index (χ1n) is 6.03. The molecule has 0 saturated heterocycles. The maximum atomic E-state index is 12.1. The lowest BCUT2D eigenvalue weighted by molar-refractivity contribution is 0.0956. The highest BCUT2D eigenvalue weighted by atomic mass is 16.2. The molecule has 0 aliphatic carbocycles. The van der Waals surface area contributed by atoms with Crippen molar-refractivity contribution in [1.29, 1.82) is 0 Å². The summed E-state index contributed by atoms with van der Waals surface area (Å²) in [5, 5.41) is 6.05. The molecule has 2 aromatic carbocycles. The quantitative estimate of drug-likeness (QED) is 0.648. The summed E-state index contributed by atoms with van der Waals surface area (Å²) in [4.78, 5) is 12.1. The van der Waals surface area contributed by atoms with Crippen LogP contribution in [0.25, 0.3) is 10.8 Å². The Bertz CT molecular complexity index is 597. The van der Waals surface area contributed by atoms with E-state index in [2.05, 4.69) is 10.5 Å². The van der Waals surface area contributed by atoms with Gasteiger partial charge in [-0.05, 0) is 30.2 Å². The van der Waals surface area contributed by atoms with Crippen molar-refractivity contribution in [1.82, 2.24) is 5.43 Å². The fourth-order valence-electron chi connectivity index (χ4n) is 1.71. The molecule has 0 aromatic heterocycles. The molecule has 2 rings (SSSR count). The van der Waals surface area contributed by atoms with E-state index in [1.165, 1.54) is 0 Å². The Morgan fingerprint density at radius 3 is 2.67 bits per heavy atom. The third-order valence-electron chi connectivity index (χ3n) is 2.89. The zero-order valence-electron chi connectivity index (χ0n) is 10.6. The van der Waals surface area contributed by atoms with Crippen LogP contribution in [0.5, 0.6) is 0 Å². The highest BCUT2D eigenvalue weighted by Crippen LogP contribution is 2.18. The van der Waals surface area contributed by atoms with Crippen LogP contribution in [0.3, 0.4) is 0 Å². The van der Waals surface area contributed by atoms with Crippen LogP contribution in [-0.4, -0.2) is 11.6 Å². The van der Waals surface area contributed by atoms with Gasteiger partial charge in [0.15, 0.2) is 0 Å². The molecular weight excluding hydrogens is 224 g/mol. The van der Waals surface area contributed by atoms with Gasteiger partial charge < -0.3 is 0 Å². The minimum absolute atomic E-state index is 0.167. The molecule has 2 aromatic rings. The van der Waals surface area contributed by atoms with E-state index in [0.717, 1.165) is 22.9 Å². The lowest BCUT2D eigenvalue weighted by Gasteiger charge is -2.05. The van der Waals surface area contributed by atoms with Crippen molar-refractivity contribution in [3.05, 3.63) is 48.0 Å². The van der Waals surface area contributed by atoms with Crippen LogP contribution < -0.4 is 5.43 Å². The van der Waals surface area contributed by atoms with E-state index in [1.54, 1.807) is 0 Å². The van der Waals surface area contributed by atoms with Crippen LogP contribution in [0.15, 0.2) is 47.6 Å². The van der Waals surface area contributed by atoms with Crippen LogP contribution in [-0.2, 0) is 0 Å². The lowest BCUT2D eigenvalue weighted by atomic mass is 10.0. The number of rotatable bonds is 3. The maximum absolute atomic E-state index is 12.1. The number of benzene rings is 2. The second-order valence-electron chi connectivity index (χ2n) is 4.17. The third-order valence-corrected chi connectivity index (χ3v) is 2.89. The smallest absolute Gasteiger partial charge is 0.267 e. The lowest BCUT2D eigenvalue weighted by Crippen LogP contribution is -2.19. The van der Waals surface area contributed by atoms with E-state index in [4.69, 9.17) is 0 Å². The second-order valence-corrected chi connectivity index (χ2v) is 4.17. The van der Waals surface area contributed by atoms with E-state index in [9.17, 15) is 4.79 Å². The van der Waals surface area contributed by atoms with Crippen molar-refractivity contribution in [2.75, 3.05) is 0 Å². The Labute approximate surface area is 107 Å². The van der Waals surface area contributed by atoms with Crippen molar-refractivity contribution in [2.45, 2.75) is 20.3 Å². The summed E-state index contributed by atoms with van der Waals surface area (Å²) in [5.74, 6) is -0.167. The fraction of sp³-hybridized carbons (Fsp3) is 0.200. The molecule has 1 amide bonds. The first-order valence-corrected chi connectivity index (χ1v) is 6.03. The van der Waals surface area contributed by atoms with Gasteiger partial charge in [-0.2, -0.15) is 5.10 Å². The zero-order valence-corrected chi connectivity index (χ0v) is 10.6. The molecule has 0 fully saturated rings. The molecule has 0 aliphatic rings. The summed E-state index contributed by atoms with van der Waals surface area (Å²) < 4.78 is 0. The molecule has 0 unspecified atom stereocenters. The predicted molar refractivity (Wildman–Crippen MR) is 74.8 cm³/mol. The van der Waals surface area contributed by atoms with Crippen molar-refractivity contribution < 1.29 is 4.79 Å². The largest absolute Gasteiger partial charge is 0.271 e. The Kier molecular flexibility index (Phi) is 3.72. The number of nitrogens with zero attached hydrogens (tertiary/aromatic N) is 1. The molecule has 92 valence electrons. The van der Waals surface area contributed by atoms with Gasteiger partial charge in [0.05, 0.1) is 0 Å². The van der Waals surface area contributed by atoms with Crippen molar-refractivity contribution in [3.63, 3.8) is 0 Å². The van der Waals surface area contributed by atoms with Crippen molar-refractivity contribution >= 4 is 22.4 Å². The van der Waals surface area contributed by atoms with Gasteiger partial charge >= 0.3 is 0 Å². The van der Waals surface area contributed by atoms with Gasteiger partial charge in [0.1, 0.15) is 0 Å². The Hall–Kier alpha value is -2.16. The summed E-state index contributed by atoms with van der Waals surface area (Å²) in [6, 6.07) is 13.5. The number of carbonyl (C=O) groups is 1. The van der Waals surface area contributed by atoms with Gasteiger partial charge in [-0.15, -0.1) is 0 Å². The molecule has 0 saturated carbocycles. The summed E-state index contributed by atoms with van der Waals surface area (Å²) in [6.45, 7) is 3.90. The van der Waals surface area contributed by atoms with Crippen LogP contribution in [0.4, 0.5) is 0 Å². The van der Waals surface area contributed by atoms with Gasteiger partial charge in [-0.25, -0.2) is 5.43 Å². The maximum Gasteiger partial charge on any atom is 0.271 e. The molecule has 0 radical (unpaired) electrons. The minimum Gasteiger partial charge on any atom is -0.267 e.